The Morgan fingerprint density at radius 3 is 2.11 bits per heavy atom. The number of halogens is 2. The number of benzene rings is 3. The first-order chi connectivity index (χ1) is 17.2. The van der Waals surface area contributed by atoms with Gasteiger partial charge in [-0.05, 0) is 72.3 Å². The van der Waals surface area contributed by atoms with E-state index in [2.05, 4.69) is 10.3 Å². The molecule has 0 saturated carbocycles. The summed E-state index contributed by atoms with van der Waals surface area (Å²) in [7, 11) is 0. The van der Waals surface area contributed by atoms with Crippen LogP contribution in [-0.2, 0) is 11.2 Å². The number of aromatic nitrogens is 1. The number of amides is 1. The quantitative estimate of drug-likeness (QED) is 0.241. The molecule has 36 heavy (non-hydrogen) atoms. The Balaban J connectivity index is 1.61. The molecule has 3 N–H and O–H groups in total. The summed E-state index contributed by atoms with van der Waals surface area (Å²) >= 11 is 11.7. The molecule has 4 aromatic rings. The summed E-state index contributed by atoms with van der Waals surface area (Å²) in [5, 5.41) is 13.6. The molecule has 0 saturated heterocycles. The number of hydrogen-bond donors (Lipinski definition) is 3. The fraction of sp³-hybridized carbons (Fsp3) is 0.0769. The zero-order chi connectivity index (χ0) is 25.8. The van der Waals surface area contributed by atoms with Crippen LogP contribution < -0.4 is 15.6 Å². The number of carbonyl (C=O) groups is 3. The van der Waals surface area contributed by atoms with E-state index in [1.165, 1.54) is 54.6 Å². The Bertz CT molecular complexity index is 1510. The van der Waals surface area contributed by atoms with Gasteiger partial charge in [0.1, 0.15) is 11.8 Å². The molecule has 0 bridgehead atoms. The second-order valence-corrected chi connectivity index (χ2v) is 8.71. The third-order valence-electron chi connectivity index (χ3n) is 5.32. The van der Waals surface area contributed by atoms with E-state index in [0.717, 1.165) is 0 Å². The fourth-order valence-electron chi connectivity index (χ4n) is 3.55. The standard InChI is InChI=1S/C26H18Cl2N2O6/c27-17-5-1-14(2-6-17)24(32)30-22(25(33)34)11-16-12-23(31)29-21-10-9-19(13-20(16)21)36-26(35)15-3-7-18(28)8-4-15/h1-10,12-13,22H,11H2,(H,29,31)(H,30,32)(H,33,34). The number of carboxylic acid groups (broad SMARTS) is 1. The highest BCUT2D eigenvalue weighted by Crippen LogP contribution is 2.24. The second kappa shape index (κ2) is 10.6. The van der Waals surface area contributed by atoms with Crippen LogP contribution in [0.1, 0.15) is 26.3 Å². The minimum absolute atomic E-state index is 0.188. The summed E-state index contributed by atoms with van der Waals surface area (Å²) in [6.45, 7) is 0. The van der Waals surface area contributed by atoms with Crippen LogP contribution in [0.2, 0.25) is 10.0 Å². The molecule has 0 aliphatic rings. The van der Waals surface area contributed by atoms with Crippen LogP contribution >= 0.6 is 23.2 Å². The number of H-pyrrole nitrogens is 1. The Hall–Kier alpha value is -4.14. The average molecular weight is 525 g/mol. The van der Waals surface area contributed by atoms with E-state index in [-0.39, 0.29) is 23.3 Å². The first-order valence-corrected chi connectivity index (χ1v) is 11.4. The molecule has 8 nitrogen and oxygen atoms in total. The third kappa shape index (κ3) is 5.91. The van der Waals surface area contributed by atoms with Crippen molar-refractivity contribution in [3.8, 4) is 5.75 Å². The van der Waals surface area contributed by atoms with E-state index in [9.17, 15) is 24.3 Å². The molecule has 1 unspecified atom stereocenters. The van der Waals surface area contributed by atoms with Crippen LogP contribution in [0.3, 0.4) is 0 Å². The maximum Gasteiger partial charge on any atom is 0.343 e. The lowest BCUT2D eigenvalue weighted by Gasteiger charge is -2.16. The number of fused-ring (bicyclic) bond motifs is 1. The Morgan fingerprint density at radius 2 is 1.50 bits per heavy atom. The lowest BCUT2D eigenvalue weighted by atomic mass is 10.0. The predicted octanol–water partition coefficient (Wildman–Crippen LogP) is 4.48. The van der Waals surface area contributed by atoms with E-state index in [0.29, 0.717) is 26.5 Å². The van der Waals surface area contributed by atoms with Crippen molar-refractivity contribution < 1.29 is 24.2 Å². The Morgan fingerprint density at radius 1 is 0.889 bits per heavy atom. The number of pyridine rings is 1. The predicted molar refractivity (Wildman–Crippen MR) is 135 cm³/mol. The molecule has 1 amide bonds. The van der Waals surface area contributed by atoms with Gasteiger partial charge in [0.2, 0.25) is 5.56 Å². The molecule has 0 radical (unpaired) electrons. The van der Waals surface area contributed by atoms with Gasteiger partial charge in [-0.3, -0.25) is 9.59 Å². The van der Waals surface area contributed by atoms with Gasteiger partial charge in [0, 0.05) is 39.0 Å². The maximum absolute atomic E-state index is 12.6. The number of hydrogen-bond acceptors (Lipinski definition) is 5. The van der Waals surface area contributed by atoms with Gasteiger partial charge in [-0.1, -0.05) is 23.2 Å². The van der Waals surface area contributed by atoms with Gasteiger partial charge >= 0.3 is 11.9 Å². The monoisotopic (exact) mass is 524 g/mol. The molecule has 10 heteroatoms. The van der Waals surface area contributed by atoms with Gasteiger partial charge in [-0.15, -0.1) is 0 Å². The van der Waals surface area contributed by atoms with Crippen molar-refractivity contribution in [2.24, 2.45) is 0 Å². The van der Waals surface area contributed by atoms with E-state index >= 15 is 0 Å². The number of aromatic amines is 1. The van der Waals surface area contributed by atoms with Gasteiger partial charge in [0.15, 0.2) is 0 Å². The molecule has 1 aromatic heterocycles. The molecule has 1 heterocycles. The number of rotatable bonds is 7. The summed E-state index contributed by atoms with van der Waals surface area (Å²) in [5.74, 6) is -2.31. The Kier molecular flexibility index (Phi) is 7.38. The number of nitrogens with one attached hydrogen (secondary N) is 2. The van der Waals surface area contributed by atoms with E-state index in [4.69, 9.17) is 27.9 Å². The minimum atomic E-state index is -1.33. The first-order valence-electron chi connectivity index (χ1n) is 10.6. The van der Waals surface area contributed by atoms with Crippen LogP contribution in [0.15, 0.2) is 77.6 Å². The highest BCUT2D eigenvalue weighted by atomic mass is 35.5. The fourth-order valence-corrected chi connectivity index (χ4v) is 3.80. The Labute approximate surface area is 214 Å². The van der Waals surface area contributed by atoms with Crippen LogP contribution in [-0.4, -0.2) is 34.0 Å². The number of ether oxygens (including phenoxy) is 1. The zero-order valence-electron chi connectivity index (χ0n) is 18.5. The highest BCUT2D eigenvalue weighted by molar-refractivity contribution is 6.31. The molecule has 182 valence electrons. The van der Waals surface area contributed by atoms with Crippen molar-refractivity contribution in [3.63, 3.8) is 0 Å². The topological polar surface area (TPSA) is 126 Å². The number of esters is 1. The largest absolute Gasteiger partial charge is 0.480 e. The van der Waals surface area contributed by atoms with Gasteiger partial charge in [0.05, 0.1) is 5.56 Å². The normalized spacial score (nSPS) is 11.6. The smallest absolute Gasteiger partial charge is 0.343 e. The highest BCUT2D eigenvalue weighted by Gasteiger charge is 2.23. The van der Waals surface area contributed by atoms with Gasteiger partial charge in [0.25, 0.3) is 5.91 Å². The molecule has 0 spiro atoms. The van der Waals surface area contributed by atoms with Gasteiger partial charge < -0.3 is 20.1 Å². The van der Waals surface area contributed by atoms with Crippen molar-refractivity contribution in [1.82, 2.24) is 10.3 Å². The summed E-state index contributed by atoms with van der Waals surface area (Å²) < 4.78 is 5.45. The van der Waals surface area contributed by atoms with Crippen molar-refractivity contribution in [2.45, 2.75) is 12.5 Å². The molecule has 0 aliphatic heterocycles. The van der Waals surface area contributed by atoms with Crippen molar-refractivity contribution >= 4 is 52.0 Å². The van der Waals surface area contributed by atoms with Gasteiger partial charge in [-0.2, -0.15) is 0 Å². The number of carboxylic acids is 1. The summed E-state index contributed by atoms with van der Waals surface area (Å²) in [5.41, 5.74) is 0.838. The van der Waals surface area contributed by atoms with Crippen LogP contribution in [0.4, 0.5) is 0 Å². The van der Waals surface area contributed by atoms with Crippen molar-refractivity contribution in [3.05, 3.63) is 110 Å². The van der Waals surface area contributed by atoms with Gasteiger partial charge in [-0.25, -0.2) is 9.59 Å². The van der Waals surface area contributed by atoms with E-state index in [1.54, 1.807) is 18.2 Å². The lowest BCUT2D eigenvalue weighted by Crippen LogP contribution is -2.42. The first kappa shape index (κ1) is 25.0. The zero-order valence-corrected chi connectivity index (χ0v) is 20.0. The summed E-state index contributed by atoms with van der Waals surface area (Å²) in [4.78, 5) is 51.9. The number of carbonyl (C=O) groups excluding carboxylic acids is 2. The molecular formula is C26H18Cl2N2O6. The average Bonchev–Trinajstić information content (AvgIpc) is 2.84. The van der Waals surface area contributed by atoms with Crippen LogP contribution in [0, 0.1) is 0 Å². The molecule has 4 rings (SSSR count). The van der Waals surface area contributed by atoms with E-state index < -0.39 is 29.4 Å². The third-order valence-corrected chi connectivity index (χ3v) is 5.83. The van der Waals surface area contributed by atoms with Crippen molar-refractivity contribution in [1.29, 1.82) is 0 Å². The SMILES string of the molecule is O=C(NC(Cc1cc(=O)[nH]c2ccc(OC(=O)c3ccc(Cl)cc3)cc12)C(=O)O)c1ccc(Cl)cc1. The molecule has 0 fully saturated rings. The summed E-state index contributed by atoms with van der Waals surface area (Å²) in [6.07, 6.45) is -0.191. The molecular weight excluding hydrogens is 507 g/mol. The molecule has 1 atom stereocenters. The second-order valence-electron chi connectivity index (χ2n) is 7.84. The molecule has 0 aliphatic carbocycles. The van der Waals surface area contributed by atoms with Crippen molar-refractivity contribution in [2.75, 3.05) is 0 Å². The molecule has 3 aromatic carbocycles. The lowest BCUT2D eigenvalue weighted by molar-refractivity contribution is -0.139. The number of aliphatic carboxylic acids is 1. The van der Waals surface area contributed by atoms with Crippen LogP contribution in [0.25, 0.3) is 10.9 Å². The maximum atomic E-state index is 12.6. The van der Waals surface area contributed by atoms with Crippen LogP contribution in [0.5, 0.6) is 5.75 Å². The summed E-state index contributed by atoms with van der Waals surface area (Å²) in [6, 6.07) is 16.6. The minimum Gasteiger partial charge on any atom is -0.480 e. The van der Waals surface area contributed by atoms with E-state index in [1.807, 2.05) is 0 Å².